The summed E-state index contributed by atoms with van der Waals surface area (Å²) >= 11 is 0. The van der Waals surface area contributed by atoms with Crippen molar-refractivity contribution in [1.82, 2.24) is 0 Å². The Kier molecular flexibility index (Phi) is 9.47. The van der Waals surface area contributed by atoms with Crippen molar-refractivity contribution in [3.63, 3.8) is 0 Å². The molecule has 0 heterocycles. The maximum atomic E-state index is 2.39. The largest absolute Gasteiger partial charge is 0.310 e. The summed E-state index contributed by atoms with van der Waals surface area (Å²) in [7, 11) is 0. The summed E-state index contributed by atoms with van der Waals surface area (Å²) in [6.45, 7) is 0. The number of rotatable bonds is 8. The average molecular weight is 864 g/mol. The first-order chi connectivity index (χ1) is 33.7. The molecule has 0 bridgehead atoms. The van der Waals surface area contributed by atoms with Crippen LogP contribution < -0.4 is 4.90 Å². The third-order valence-corrected chi connectivity index (χ3v) is 14.3. The van der Waals surface area contributed by atoms with Crippen LogP contribution in [0.2, 0.25) is 0 Å². The van der Waals surface area contributed by atoms with Gasteiger partial charge < -0.3 is 4.90 Å². The molecule has 0 saturated carbocycles. The molecule has 1 nitrogen and oxygen atoms in total. The van der Waals surface area contributed by atoms with Gasteiger partial charge in [-0.15, -0.1) is 0 Å². The minimum absolute atomic E-state index is 0.444. The number of nitrogens with zero attached hydrogens (tertiary/aromatic N) is 1. The first-order valence-electron chi connectivity index (χ1n) is 23.6. The third-order valence-electron chi connectivity index (χ3n) is 14.3. The molecule has 0 aromatic heterocycles. The molecule has 1 heteroatoms. The summed E-state index contributed by atoms with van der Waals surface area (Å²) in [5.41, 5.74) is 17.9. The van der Waals surface area contributed by atoms with Gasteiger partial charge in [-0.3, -0.25) is 0 Å². The van der Waals surface area contributed by atoms with Crippen LogP contribution in [0.3, 0.4) is 0 Å². The van der Waals surface area contributed by atoms with E-state index in [4.69, 9.17) is 0 Å². The minimum atomic E-state index is -0.444. The zero-order valence-corrected chi connectivity index (χ0v) is 37.4. The molecule has 1 aliphatic carbocycles. The predicted octanol–water partition coefficient (Wildman–Crippen LogP) is 18.0. The van der Waals surface area contributed by atoms with Crippen LogP contribution in [-0.2, 0) is 5.41 Å². The second-order valence-electron chi connectivity index (χ2n) is 18.0. The summed E-state index contributed by atoms with van der Waals surface area (Å²) < 4.78 is 0. The van der Waals surface area contributed by atoms with E-state index in [-0.39, 0.29) is 0 Å². The highest BCUT2D eigenvalue weighted by atomic mass is 15.1. The van der Waals surface area contributed by atoms with Crippen molar-refractivity contribution in [3.05, 3.63) is 295 Å². The first-order valence-corrected chi connectivity index (χ1v) is 23.6. The van der Waals surface area contributed by atoms with Gasteiger partial charge in [0, 0.05) is 17.1 Å². The van der Waals surface area contributed by atoms with Crippen LogP contribution in [0.25, 0.3) is 76.8 Å². The third kappa shape index (κ3) is 6.47. The first kappa shape index (κ1) is 39.6. The van der Waals surface area contributed by atoms with Gasteiger partial charge in [0.25, 0.3) is 0 Å². The average Bonchev–Trinajstić information content (AvgIpc) is 3.73. The molecule has 0 aliphatic heterocycles. The van der Waals surface area contributed by atoms with E-state index in [0.29, 0.717) is 0 Å². The Hall–Kier alpha value is -8.78. The second-order valence-corrected chi connectivity index (χ2v) is 18.0. The Labute approximate surface area is 397 Å². The quantitative estimate of drug-likeness (QED) is 0.147. The fraction of sp³-hybridized carbons (Fsp3) is 0.0149. The van der Waals surface area contributed by atoms with Crippen molar-refractivity contribution in [2.45, 2.75) is 5.41 Å². The maximum Gasteiger partial charge on any atom is 0.0713 e. The fourth-order valence-electron chi connectivity index (χ4n) is 11.2. The van der Waals surface area contributed by atoms with E-state index >= 15 is 0 Å². The van der Waals surface area contributed by atoms with Crippen LogP contribution in [0.1, 0.15) is 22.3 Å². The van der Waals surface area contributed by atoms with Crippen LogP contribution in [-0.4, -0.2) is 0 Å². The summed E-state index contributed by atoms with van der Waals surface area (Å²) in [4.78, 5) is 2.39. The van der Waals surface area contributed by atoms with E-state index in [9.17, 15) is 0 Å². The zero-order valence-electron chi connectivity index (χ0n) is 37.4. The Morgan fingerprint density at radius 1 is 0.250 bits per heavy atom. The van der Waals surface area contributed by atoms with Crippen LogP contribution in [0.15, 0.2) is 273 Å². The molecule has 12 aromatic rings. The van der Waals surface area contributed by atoms with Crippen molar-refractivity contribution >= 4 is 49.4 Å². The van der Waals surface area contributed by atoms with E-state index in [2.05, 4.69) is 278 Å². The van der Waals surface area contributed by atoms with Gasteiger partial charge in [-0.25, -0.2) is 0 Å². The summed E-state index contributed by atoms with van der Waals surface area (Å²) in [5, 5.41) is 7.39. The molecule has 318 valence electrons. The second kappa shape index (κ2) is 16.3. The molecule has 13 rings (SSSR count). The zero-order chi connectivity index (χ0) is 45.0. The lowest BCUT2D eigenvalue weighted by Crippen LogP contribution is -2.28. The molecule has 0 N–H and O–H groups in total. The Balaban J connectivity index is 0.916. The number of hydrogen-bond acceptors (Lipinski definition) is 1. The minimum Gasteiger partial charge on any atom is -0.310 e. The van der Waals surface area contributed by atoms with Crippen LogP contribution in [0.4, 0.5) is 17.1 Å². The Morgan fingerprint density at radius 3 is 1.49 bits per heavy atom. The SMILES string of the molecule is c1ccc(C2(c3ccccc3)c3ccccc3-c3c(-c4ccc5cc(N(c6ccc(-c7ccc8ccccc8c7)cc6)c6ccc(-c7cccc8ccccc78)cc6)ccc5c4)cccc32)cc1. The smallest absolute Gasteiger partial charge is 0.0713 e. The van der Waals surface area contributed by atoms with Gasteiger partial charge in [-0.1, -0.05) is 224 Å². The van der Waals surface area contributed by atoms with E-state index in [1.807, 2.05) is 0 Å². The molecule has 1 aliphatic rings. The number of fused-ring (bicyclic) bond motifs is 6. The molecular weight excluding hydrogens is 819 g/mol. The lowest BCUT2D eigenvalue weighted by Gasteiger charge is -2.34. The van der Waals surface area contributed by atoms with Gasteiger partial charge in [0.15, 0.2) is 0 Å². The van der Waals surface area contributed by atoms with E-state index in [1.54, 1.807) is 0 Å². The van der Waals surface area contributed by atoms with Crippen molar-refractivity contribution in [1.29, 1.82) is 0 Å². The standard InChI is InChI=1S/C67H45N/c1-3-19-55(20-4-1)67(56-21-5-2-6-22-56)64-27-12-11-24-63(64)66-62(26-14-28-65(66)67)54-32-31-53-45-59(42-37-52(53)44-54)68(57-38-33-47(34-39-57)51-30-29-46-15-7-8-17-50(46)43-51)58-40-35-49(36-41-58)61-25-13-18-48-16-9-10-23-60(48)61/h1-45H. The fourth-order valence-corrected chi connectivity index (χ4v) is 11.2. The molecule has 12 aromatic carbocycles. The van der Waals surface area contributed by atoms with Crippen LogP contribution in [0, 0.1) is 0 Å². The molecule has 0 radical (unpaired) electrons. The molecule has 0 saturated heterocycles. The van der Waals surface area contributed by atoms with Gasteiger partial charge >= 0.3 is 0 Å². The molecular formula is C67H45N. The highest BCUT2D eigenvalue weighted by Gasteiger charge is 2.46. The lowest BCUT2D eigenvalue weighted by molar-refractivity contribution is 0.768. The summed E-state index contributed by atoms with van der Waals surface area (Å²) in [6.07, 6.45) is 0. The molecule has 0 unspecified atom stereocenters. The molecule has 0 atom stereocenters. The van der Waals surface area contributed by atoms with Crippen molar-refractivity contribution in [2.75, 3.05) is 4.90 Å². The summed E-state index contributed by atoms with van der Waals surface area (Å²) in [6, 6.07) is 101. The Bertz CT molecular complexity index is 3790. The number of anilines is 3. The van der Waals surface area contributed by atoms with Gasteiger partial charge in [0.2, 0.25) is 0 Å². The molecule has 68 heavy (non-hydrogen) atoms. The summed E-state index contributed by atoms with van der Waals surface area (Å²) in [5.74, 6) is 0. The van der Waals surface area contributed by atoms with Crippen LogP contribution >= 0.6 is 0 Å². The topological polar surface area (TPSA) is 3.24 Å². The highest BCUT2D eigenvalue weighted by molar-refractivity contribution is 6.00. The number of hydrogen-bond donors (Lipinski definition) is 0. The molecule has 0 spiro atoms. The predicted molar refractivity (Wildman–Crippen MR) is 287 cm³/mol. The van der Waals surface area contributed by atoms with Crippen molar-refractivity contribution in [2.24, 2.45) is 0 Å². The Morgan fingerprint density at radius 2 is 0.721 bits per heavy atom. The van der Waals surface area contributed by atoms with Crippen LogP contribution in [0.5, 0.6) is 0 Å². The van der Waals surface area contributed by atoms with Gasteiger partial charge in [-0.05, 0) is 148 Å². The van der Waals surface area contributed by atoms with Crippen molar-refractivity contribution in [3.8, 4) is 44.5 Å². The number of benzene rings is 12. The van der Waals surface area contributed by atoms with Gasteiger partial charge in [0.1, 0.15) is 0 Å². The lowest BCUT2D eigenvalue weighted by atomic mass is 9.67. The van der Waals surface area contributed by atoms with Gasteiger partial charge in [0.05, 0.1) is 5.41 Å². The maximum absolute atomic E-state index is 2.39. The highest BCUT2D eigenvalue weighted by Crippen LogP contribution is 2.58. The van der Waals surface area contributed by atoms with Gasteiger partial charge in [-0.2, -0.15) is 0 Å². The molecule has 0 amide bonds. The van der Waals surface area contributed by atoms with E-state index in [0.717, 1.165) is 17.1 Å². The van der Waals surface area contributed by atoms with Crippen molar-refractivity contribution < 1.29 is 0 Å². The monoisotopic (exact) mass is 863 g/mol. The van der Waals surface area contributed by atoms with E-state index in [1.165, 1.54) is 99.1 Å². The van der Waals surface area contributed by atoms with E-state index < -0.39 is 5.41 Å². The molecule has 0 fully saturated rings. The normalized spacial score (nSPS) is 12.5.